The summed E-state index contributed by atoms with van der Waals surface area (Å²) < 4.78 is 3.99. The Morgan fingerprint density at radius 1 is 1.40 bits per heavy atom. The maximum Gasteiger partial charge on any atom is 0.111 e. The van der Waals surface area contributed by atoms with Crippen molar-refractivity contribution in [3.8, 4) is 0 Å². The van der Waals surface area contributed by atoms with Crippen LogP contribution in [0.15, 0.2) is 24.8 Å². The molecule has 0 unspecified atom stereocenters. The topological polar surface area (TPSA) is 35.6 Å². The van der Waals surface area contributed by atoms with Crippen LogP contribution in [-0.4, -0.2) is 19.3 Å². The average Bonchev–Trinajstić information content (AvgIpc) is 2.75. The molecule has 15 heavy (non-hydrogen) atoms. The van der Waals surface area contributed by atoms with Gasteiger partial charge in [-0.25, -0.2) is 4.98 Å². The van der Waals surface area contributed by atoms with Crippen molar-refractivity contribution in [2.75, 3.05) is 0 Å². The molecule has 0 aromatic carbocycles. The van der Waals surface area contributed by atoms with E-state index in [1.54, 1.807) is 0 Å². The maximum atomic E-state index is 4.35. The summed E-state index contributed by atoms with van der Waals surface area (Å²) in [5.41, 5.74) is 1.21. The van der Waals surface area contributed by atoms with Crippen molar-refractivity contribution in [1.82, 2.24) is 19.3 Å². The first-order chi connectivity index (χ1) is 7.16. The van der Waals surface area contributed by atoms with Gasteiger partial charge in [-0.2, -0.15) is 5.10 Å². The molecule has 2 aromatic heterocycles. The Kier molecular flexibility index (Phi) is 2.58. The van der Waals surface area contributed by atoms with E-state index in [-0.39, 0.29) is 0 Å². The maximum absolute atomic E-state index is 4.35. The van der Waals surface area contributed by atoms with Crippen LogP contribution in [0.3, 0.4) is 0 Å². The average molecular weight is 204 g/mol. The van der Waals surface area contributed by atoms with Crippen molar-refractivity contribution in [3.05, 3.63) is 36.2 Å². The van der Waals surface area contributed by atoms with E-state index >= 15 is 0 Å². The lowest BCUT2D eigenvalue weighted by molar-refractivity contribution is 0.669. The van der Waals surface area contributed by atoms with Crippen LogP contribution < -0.4 is 0 Å². The van der Waals surface area contributed by atoms with Gasteiger partial charge in [0.05, 0.1) is 12.7 Å². The first-order valence-electron chi connectivity index (χ1n) is 5.15. The van der Waals surface area contributed by atoms with Crippen LogP contribution in [0.25, 0.3) is 0 Å². The van der Waals surface area contributed by atoms with E-state index in [9.17, 15) is 0 Å². The van der Waals surface area contributed by atoms with E-state index < -0.39 is 0 Å². The minimum atomic E-state index is 0.455. The Morgan fingerprint density at radius 3 is 2.80 bits per heavy atom. The molecule has 80 valence electrons. The van der Waals surface area contributed by atoms with Crippen LogP contribution in [0.4, 0.5) is 0 Å². The molecular formula is C11H16N4. The minimum Gasteiger partial charge on any atom is -0.330 e. The molecule has 0 aliphatic carbocycles. The molecule has 0 N–H and O–H groups in total. The third-order valence-electron chi connectivity index (χ3n) is 2.38. The highest BCUT2D eigenvalue weighted by Crippen LogP contribution is 2.13. The van der Waals surface area contributed by atoms with Crippen molar-refractivity contribution in [3.63, 3.8) is 0 Å². The van der Waals surface area contributed by atoms with E-state index in [2.05, 4.69) is 28.5 Å². The second-order valence-corrected chi connectivity index (χ2v) is 4.09. The first kappa shape index (κ1) is 9.96. The molecule has 0 aliphatic rings. The van der Waals surface area contributed by atoms with E-state index in [1.165, 1.54) is 5.56 Å². The smallest absolute Gasteiger partial charge is 0.111 e. The second-order valence-electron chi connectivity index (χ2n) is 4.09. The van der Waals surface area contributed by atoms with Gasteiger partial charge in [0.15, 0.2) is 0 Å². The fourth-order valence-corrected chi connectivity index (χ4v) is 1.71. The van der Waals surface area contributed by atoms with Gasteiger partial charge in [0.2, 0.25) is 0 Å². The van der Waals surface area contributed by atoms with Crippen LogP contribution in [0.1, 0.15) is 31.2 Å². The highest BCUT2D eigenvalue weighted by Gasteiger charge is 2.07. The number of nitrogens with zero attached hydrogens (tertiary/aromatic N) is 4. The number of hydrogen-bond donors (Lipinski definition) is 0. The molecule has 0 saturated carbocycles. The molecule has 0 saturated heterocycles. The molecule has 2 heterocycles. The fraction of sp³-hybridized carbons (Fsp3) is 0.455. The van der Waals surface area contributed by atoms with Crippen LogP contribution in [0.2, 0.25) is 0 Å². The quantitative estimate of drug-likeness (QED) is 0.764. The zero-order chi connectivity index (χ0) is 10.8. The molecule has 0 radical (unpaired) electrons. The zero-order valence-electron chi connectivity index (χ0n) is 9.38. The van der Waals surface area contributed by atoms with E-state index in [4.69, 9.17) is 0 Å². The highest BCUT2D eigenvalue weighted by atomic mass is 15.2. The number of hydrogen-bond acceptors (Lipinski definition) is 2. The molecule has 0 bridgehead atoms. The number of imidazole rings is 1. The predicted octanol–water partition coefficient (Wildman–Crippen LogP) is 1.79. The lowest BCUT2D eigenvalue weighted by atomic mass is 10.2. The molecule has 0 amide bonds. The molecular weight excluding hydrogens is 188 g/mol. The van der Waals surface area contributed by atoms with Crippen LogP contribution >= 0.6 is 0 Å². The van der Waals surface area contributed by atoms with E-state index in [0.29, 0.717) is 5.92 Å². The van der Waals surface area contributed by atoms with Gasteiger partial charge in [-0.05, 0) is 0 Å². The van der Waals surface area contributed by atoms with Gasteiger partial charge < -0.3 is 4.57 Å². The number of aromatic nitrogens is 4. The molecule has 4 nitrogen and oxygen atoms in total. The summed E-state index contributed by atoms with van der Waals surface area (Å²) in [5.74, 6) is 1.58. The first-order valence-corrected chi connectivity index (χ1v) is 5.15. The largest absolute Gasteiger partial charge is 0.330 e. The molecule has 2 rings (SSSR count). The second kappa shape index (κ2) is 3.88. The number of rotatable bonds is 3. The van der Waals surface area contributed by atoms with Crippen molar-refractivity contribution in [2.24, 2.45) is 7.05 Å². The molecule has 0 atom stereocenters. The standard InChI is InChI=1S/C11H16N4/c1-9(2)11-12-4-5-15(11)8-10-6-13-14(3)7-10/h4-7,9H,8H2,1-3H3. The van der Waals surface area contributed by atoms with Gasteiger partial charge in [-0.15, -0.1) is 0 Å². The molecule has 0 fully saturated rings. The lowest BCUT2D eigenvalue weighted by Gasteiger charge is -2.08. The normalized spacial score (nSPS) is 11.2. The van der Waals surface area contributed by atoms with Crippen LogP contribution in [-0.2, 0) is 13.6 Å². The minimum absolute atomic E-state index is 0.455. The van der Waals surface area contributed by atoms with Crippen molar-refractivity contribution >= 4 is 0 Å². The Morgan fingerprint density at radius 2 is 2.20 bits per heavy atom. The fourth-order valence-electron chi connectivity index (χ4n) is 1.71. The van der Waals surface area contributed by atoms with Crippen LogP contribution in [0, 0.1) is 0 Å². The molecule has 0 spiro atoms. The van der Waals surface area contributed by atoms with E-state index in [0.717, 1.165) is 12.4 Å². The number of aryl methyl sites for hydroxylation is 1. The molecule has 0 aliphatic heterocycles. The van der Waals surface area contributed by atoms with Crippen molar-refractivity contribution in [1.29, 1.82) is 0 Å². The Balaban J connectivity index is 2.20. The SMILES string of the molecule is CC(C)c1nccn1Cc1cnn(C)c1. The molecule has 2 aromatic rings. The highest BCUT2D eigenvalue weighted by molar-refractivity contribution is 5.08. The Labute approximate surface area is 89.6 Å². The summed E-state index contributed by atoms with van der Waals surface area (Å²) >= 11 is 0. The third kappa shape index (κ3) is 2.09. The van der Waals surface area contributed by atoms with Gasteiger partial charge in [0.25, 0.3) is 0 Å². The Hall–Kier alpha value is -1.58. The van der Waals surface area contributed by atoms with Gasteiger partial charge in [-0.3, -0.25) is 4.68 Å². The summed E-state index contributed by atoms with van der Waals surface area (Å²) in [6.45, 7) is 5.16. The van der Waals surface area contributed by atoms with Gasteiger partial charge in [0.1, 0.15) is 5.82 Å². The lowest BCUT2D eigenvalue weighted by Crippen LogP contribution is -2.05. The third-order valence-corrected chi connectivity index (χ3v) is 2.38. The summed E-state index contributed by atoms with van der Waals surface area (Å²) in [7, 11) is 1.93. The zero-order valence-corrected chi connectivity index (χ0v) is 9.38. The Bertz CT molecular complexity index is 439. The van der Waals surface area contributed by atoms with Gasteiger partial charge in [-0.1, -0.05) is 13.8 Å². The summed E-state index contributed by atoms with van der Waals surface area (Å²) in [6, 6.07) is 0. The summed E-state index contributed by atoms with van der Waals surface area (Å²) in [6.07, 6.45) is 7.79. The summed E-state index contributed by atoms with van der Waals surface area (Å²) in [5, 5.41) is 4.15. The van der Waals surface area contributed by atoms with Gasteiger partial charge >= 0.3 is 0 Å². The van der Waals surface area contributed by atoms with E-state index in [1.807, 2.05) is 36.5 Å². The predicted molar refractivity (Wildman–Crippen MR) is 58.6 cm³/mol. The van der Waals surface area contributed by atoms with Crippen LogP contribution in [0.5, 0.6) is 0 Å². The molecule has 4 heteroatoms. The van der Waals surface area contributed by atoms with Crippen molar-refractivity contribution in [2.45, 2.75) is 26.3 Å². The van der Waals surface area contributed by atoms with Crippen molar-refractivity contribution < 1.29 is 0 Å². The van der Waals surface area contributed by atoms with Gasteiger partial charge in [0, 0.05) is 37.1 Å². The monoisotopic (exact) mass is 204 g/mol. The summed E-state index contributed by atoms with van der Waals surface area (Å²) in [4.78, 5) is 4.35.